The molecule has 144 valence electrons. The molecule has 0 aliphatic carbocycles. The monoisotopic (exact) mass is 489 g/mol. The molecule has 0 unspecified atom stereocenters. The van der Waals surface area contributed by atoms with E-state index in [1.54, 1.807) is 12.1 Å². The van der Waals surface area contributed by atoms with Gasteiger partial charge >= 0.3 is 11.3 Å². The van der Waals surface area contributed by atoms with Crippen LogP contribution >= 0.6 is 22.6 Å². The van der Waals surface area contributed by atoms with Crippen molar-refractivity contribution in [2.75, 3.05) is 6.61 Å². The van der Waals surface area contributed by atoms with Crippen LogP contribution in [0.15, 0.2) is 21.7 Å². The van der Waals surface area contributed by atoms with Gasteiger partial charge in [0.2, 0.25) is 5.52 Å². The van der Waals surface area contributed by atoms with E-state index in [1.165, 1.54) is 4.57 Å². The number of aliphatic hydroxyl groups excluding tert-OH is 4. The number of nitrogens with zero attached hydrogens (tertiary/aromatic N) is 2. The largest absolute Gasteiger partial charge is 0.413 e. The van der Waals surface area contributed by atoms with E-state index in [9.17, 15) is 24.9 Å². The third-order valence-electron chi connectivity index (χ3n) is 4.29. The number of hydrogen-bond acceptors (Lipinski definition) is 7. The highest BCUT2D eigenvalue weighted by atomic mass is 127. The smallest absolute Gasteiger partial charge is 0.394 e. The normalized spacial score (nSPS) is 15.2. The lowest BCUT2D eigenvalue weighted by Gasteiger charge is -2.21. The number of halogens is 1. The van der Waals surface area contributed by atoms with Crippen LogP contribution in [0.4, 0.5) is 0 Å². The molecule has 0 bridgehead atoms. The van der Waals surface area contributed by atoms with Crippen molar-refractivity contribution in [3.63, 3.8) is 0 Å². The number of aryl methyl sites for hydroxylation is 1. The van der Waals surface area contributed by atoms with Crippen molar-refractivity contribution < 1.29 is 25.0 Å². The molecule has 0 aliphatic rings. The molecule has 0 aliphatic heterocycles. The SMILES string of the molecule is Cc1cc2nc3c(=O)[nH]c(=O)[nH]c3[n+](C[C@H](O)[C@H](O)[C@H](O)CO)c2cc1I. The average Bonchev–Trinajstić information content (AvgIpc) is 2.62. The van der Waals surface area contributed by atoms with Crippen molar-refractivity contribution >= 4 is 44.8 Å². The first-order valence-corrected chi connectivity index (χ1v) is 9.12. The summed E-state index contributed by atoms with van der Waals surface area (Å²) in [5.41, 5.74) is 0.512. The fourth-order valence-electron chi connectivity index (χ4n) is 2.82. The highest BCUT2D eigenvalue weighted by Crippen LogP contribution is 2.19. The van der Waals surface area contributed by atoms with Crippen LogP contribution in [0.5, 0.6) is 0 Å². The minimum Gasteiger partial charge on any atom is -0.394 e. The van der Waals surface area contributed by atoms with Gasteiger partial charge in [-0.05, 0) is 41.1 Å². The predicted molar refractivity (Wildman–Crippen MR) is 103 cm³/mol. The highest BCUT2D eigenvalue weighted by Gasteiger charge is 2.29. The summed E-state index contributed by atoms with van der Waals surface area (Å²) in [7, 11) is 0. The number of nitrogens with one attached hydrogen (secondary N) is 2. The Morgan fingerprint density at radius 1 is 1.19 bits per heavy atom. The van der Waals surface area contributed by atoms with E-state index < -0.39 is 36.2 Å². The van der Waals surface area contributed by atoms with Crippen LogP contribution in [0.3, 0.4) is 0 Å². The van der Waals surface area contributed by atoms with E-state index in [0.717, 1.165) is 9.13 Å². The summed E-state index contributed by atoms with van der Waals surface area (Å²) >= 11 is 2.12. The summed E-state index contributed by atoms with van der Waals surface area (Å²) in [6.45, 7) is 0.894. The minimum atomic E-state index is -1.63. The summed E-state index contributed by atoms with van der Waals surface area (Å²) in [6.07, 6.45) is -4.64. The van der Waals surface area contributed by atoms with Gasteiger partial charge in [-0.1, -0.05) is 0 Å². The van der Waals surface area contributed by atoms with Crippen molar-refractivity contribution in [3.8, 4) is 0 Å². The fraction of sp³-hybridized carbons (Fsp3) is 0.375. The molecular formula is C16H18IN4O6+. The van der Waals surface area contributed by atoms with Crippen molar-refractivity contribution in [1.29, 1.82) is 0 Å². The van der Waals surface area contributed by atoms with Gasteiger partial charge < -0.3 is 20.4 Å². The van der Waals surface area contributed by atoms with Gasteiger partial charge in [-0.2, -0.15) is 4.98 Å². The third-order valence-corrected chi connectivity index (χ3v) is 5.45. The lowest BCUT2D eigenvalue weighted by molar-refractivity contribution is -0.657. The zero-order valence-electron chi connectivity index (χ0n) is 14.2. The maximum absolute atomic E-state index is 12.2. The molecule has 2 heterocycles. The number of H-pyrrole nitrogens is 2. The zero-order chi connectivity index (χ0) is 19.9. The summed E-state index contributed by atoms with van der Waals surface area (Å²) in [4.78, 5) is 32.8. The summed E-state index contributed by atoms with van der Waals surface area (Å²) in [5.74, 6) is 0. The number of hydrogen-bond donors (Lipinski definition) is 6. The van der Waals surface area contributed by atoms with Crippen LogP contribution in [-0.4, -0.2) is 60.3 Å². The van der Waals surface area contributed by atoms with Crippen LogP contribution in [0.25, 0.3) is 22.2 Å². The molecule has 3 atom stereocenters. The Morgan fingerprint density at radius 3 is 2.56 bits per heavy atom. The van der Waals surface area contributed by atoms with E-state index in [2.05, 4.69) is 37.5 Å². The first-order valence-electron chi connectivity index (χ1n) is 8.04. The summed E-state index contributed by atoms with van der Waals surface area (Å²) in [5, 5.41) is 38.8. The number of aromatic nitrogens is 4. The molecule has 0 fully saturated rings. The van der Waals surface area contributed by atoms with E-state index in [4.69, 9.17) is 5.11 Å². The van der Waals surface area contributed by atoms with E-state index in [-0.39, 0.29) is 17.7 Å². The molecule has 0 amide bonds. The van der Waals surface area contributed by atoms with Crippen molar-refractivity contribution in [2.45, 2.75) is 31.8 Å². The van der Waals surface area contributed by atoms with Crippen LogP contribution in [0.2, 0.25) is 0 Å². The van der Waals surface area contributed by atoms with Crippen LogP contribution in [0.1, 0.15) is 5.56 Å². The second-order valence-electron chi connectivity index (χ2n) is 6.23. The van der Waals surface area contributed by atoms with E-state index >= 15 is 0 Å². The molecule has 1 aromatic carbocycles. The standard InChI is InChI=1S/C16H17IN4O6/c1-6-2-8-9(3-7(6)17)21(4-10(23)13(25)11(24)5-22)14-12(18-8)15(26)20-16(27)19-14/h2-3,10-11,13,22-25H,4-5H2,1H3,(H,20,26,27)/p+1/t10-,11+,13-/m0/s1. The Bertz CT molecular complexity index is 1130. The molecule has 10 nitrogen and oxygen atoms in total. The van der Waals surface area contributed by atoms with Gasteiger partial charge in [-0.25, -0.2) is 14.3 Å². The second kappa shape index (κ2) is 7.59. The van der Waals surface area contributed by atoms with Gasteiger partial charge in [0.25, 0.3) is 5.56 Å². The van der Waals surface area contributed by atoms with E-state index in [1.807, 2.05) is 6.92 Å². The van der Waals surface area contributed by atoms with Gasteiger partial charge in [0, 0.05) is 9.64 Å². The molecule has 0 radical (unpaired) electrons. The first kappa shape index (κ1) is 19.8. The molecule has 0 spiro atoms. The molecule has 6 N–H and O–H groups in total. The van der Waals surface area contributed by atoms with Crippen molar-refractivity contribution in [3.05, 3.63) is 42.1 Å². The maximum atomic E-state index is 12.2. The average molecular weight is 489 g/mol. The number of benzene rings is 1. The van der Waals surface area contributed by atoms with Gasteiger partial charge in [0.1, 0.15) is 30.4 Å². The van der Waals surface area contributed by atoms with Gasteiger partial charge in [0.15, 0.2) is 5.52 Å². The van der Waals surface area contributed by atoms with Gasteiger partial charge in [-0.15, -0.1) is 0 Å². The Hall–Kier alpha value is -1.93. The molecule has 11 heteroatoms. The lowest BCUT2D eigenvalue weighted by Crippen LogP contribution is -2.51. The Balaban J connectivity index is 2.30. The van der Waals surface area contributed by atoms with Crippen LogP contribution in [-0.2, 0) is 6.54 Å². The number of aromatic amines is 2. The van der Waals surface area contributed by atoms with Crippen molar-refractivity contribution in [2.24, 2.45) is 0 Å². The Labute approximate surface area is 165 Å². The second-order valence-corrected chi connectivity index (χ2v) is 7.39. The number of rotatable bonds is 5. The fourth-order valence-corrected chi connectivity index (χ4v) is 3.27. The molecule has 2 aromatic heterocycles. The molecule has 27 heavy (non-hydrogen) atoms. The third kappa shape index (κ3) is 3.73. The van der Waals surface area contributed by atoms with Gasteiger partial charge in [-0.3, -0.25) is 9.78 Å². The Morgan fingerprint density at radius 2 is 1.89 bits per heavy atom. The number of fused-ring (bicyclic) bond motifs is 2. The van der Waals surface area contributed by atoms with Gasteiger partial charge in [0.05, 0.1) is 6.61 Å². The minimum absolute atomic E-state index is 0.0351. The highest BCUT2D eigenvalue weighted by molar-refractivity contribution is 14.1. The molecule has 0 saturated heterocycles. The maximum Gasteiger partial charge on any atom is 0.413 e. The summed E-state index contributed by atoms with van der Waals surface area (Å²) in [6, 6.07) is 3.54. The number of aliphatic hydroxyl groups is 4. The topological polar surface area (TPSA) is 163 Å². The quantitative estimate of drug-likeness (QED) is 0.138. The molecule has 3 aromatic rings. The Kier molecular flexibility index (Phi) is 5.58. The molecular weight excluding hydrogens is 471 g/mol. The predicted octanol–water partition coefficient (Wildman–Crippen LogP) is -1.96. The van der Waals surface area contributed by atoms with Crippen LogP contribution < -0.4 is 15.8 Å². The van der Waals surface area contributed by atoms with E-state index in [0.29, 0.717) is 11.0 Å². The van der Waals surface area contributed by atoms with Crippen molar-refractivity contribution in [1.82, 2.24) is 15.0 Å². The lowest BCUT2D eigenvalue weighted by atomic mass is 10.1. The molecule has 0 saturated carbocycles. The zero-order valence-corrected chi connectivity index (χ0v) is 16.3. The summed E-state index contributed by atoms with van der Waals surface area (Å²) < 4.78 is 2.35. The molecule has 3 rings (SSSR count). The first-order chi connectivity index (χ1) is 12.7. The van der Waals surface area contributed by atoms with Crippen LogP contribution in [0, 0.1) is 10.5 Å².